The van der Waals surface area contributed by atoms with Crippen molar-refractivity contribution in [1.29, 1.82) is 0 Å². The van der Waals surface area contributed by atoms with Crippen LogP contribution in [-0.2, 0) is 6.42 Å². The number of carbonyl (C=O) groups excluding carboxylic acids is 1. The number of rotatable bonds is 5. The Bertz CT molecular complexity index is 752. The van der Waals surface area contributed by atoms with Crippen molar-refractivity contribution >= 4 is 17.4 Å². The first-order valence-electron chi connectivity index (χ1n) is 9.48. The molecule has 2 heterocycles. The second-order valence-electron chi connectivity index (χ2n) is 6.68. The summed E-state index contributed by atoms with van der Waals surface area (Å²) in [6.07, 6.45) is 5.83. The average Bonchev–Trinajstić information content (AvgIpc) is 2.70. The van der Waals surface area contributed by atoms with Gasteiger partial charge in [0.25, 0.3) is 5.91 Å². The van der Waals surface area contributed by atoms with Crippen molar-refractivity contribution in [2.75, 3.05) is 24.5 Å². The summed E-state index contributed by atoms with van der Waals surface area (Å²) in [6, 6.07) is 9.79. The highest BCUT2D eigenvalue weighted by molar-refractivity contribution is 5.95. The van der Waals surface area contributed by atoms with Crippen molar-refractivity contribution in [2.45, 2.75) is 39.5 Å². The van der Waals surface area contributed by atoms with Crippen molar-refractivity contribution in [2.24, 2.45) is 0 Å². The molecule has 0 bridgehead atoms. The quantitative estimate of drug-likeness (QED) is 0.878. The summed E-state index contributed by atoms with van der Waals surface area (Å²) in [7, 11) is 0. The molecule has 1 aliphatic rings. The van der Waals surface area contributed by atoms with E-state index >= 15 is 0 Å². The van der Waals surface area contributed by atoms with E-state index in [1.807, 2.05) is 28.9 Å². The van der Waals surface area contributed by atoms with Gasteiger partial charge in [-0.05, 0) is 56.4 Å². The Kier molecular flexibility index (Phi) is 5.76. The van der Waals surface area contributed by atoms with Crippen LogP contribution in [0, 0.1) is 0 Å². The molecular formula is C21H27N3O2. The van der Waals surface area contributed by atoms with E-state index in [2.05, 4.69) is 24.0 Å². The molecule has 0 unspecified atom stereocenters. The number of anilines is 2. The molecule has 1 N–H and O–H groups in total. The summed E-state index contributed by atoms with van der Waals surface area (Å²) in [5.74, 6) is 0.468. The monoisotopic (exact) mass is 353 g/mol. The van der Waals surface area contributed by atoms with Crippen LogP contribution in [0.4, 0.5) is 11.5 Å². The maximum absolute atomic E-state index is 12.6. The normalized spacial score (nSPS) is 14.3. The van der Waals surface area contributed by atoms with Gasteiger partial charge >= 0.3 is 0 Å². The predicted octanol–water partition coefficient (Wildman–Crippen LogP) is 4.13. The van der Waals surface area contributed by atoms with Crippen molar-refractivity contribution < 1.29 is 9.90 Å². The zero-order valence-electron chi connectivity index (χ0n) is 15.6. The molecule has 1 amide bonds. The standard InChI is InChI=1S/C21H27N3O2/c1-3-16-8-10-18(11-9-16)24(4-2)20-19(25)14-17(15-22-20)21(26)23-12-6-5-7-13-23/h8-11,14-15,25H,3-7,12-13H2,1-2H3. The highest BCUT2D eigenvalue weighted by Crippen LogP contribution is 2.32. The van der Waals surface area contributed by atoms with Gasteiger partial charge in [0.2, 0.25) is 0 Å². The summed E-state index contributed by atoms with van der Waals surface area (Å²) in [4.78, 5) is 20.8. The molecule has 1 aromatic heterocycles. The molecule has 3 rings (SSSR count). The number of hydrogen-bond acceptors (Lipinski definition) is 4. The fourth-order valence-electron chi connectivity index (χ4n) is 3.42. The Balaban J connectivity index is 1.83. The van der Waals surface area contributed by atoms with E-state index in [0.29, 0.717) is 17.9 Å². The lowest BCUT2D eigenvalue weighted by Gasteiger charge is -2.27. The number of aromatic nitrogens is 1. The van der Waals surface area contributed by atoms with E-state index in [1.54, 1.807) is 12.3 Å². The second-order valence-corrected chi connectivity index (χ2v) is 6.68. The molecule has 1 fully saturated rings. The van der Waals surface area contributed by atoms with E-state index in [1.165, 1.54) is 12.0 Å². The first-order valence-corrected chi connectivity index (χ1v) is 9.48. The SMILES string of the molecule is CCc1ccc(N(CC)c2ncc(C(=O)N3CCCCC3)cc2O)cc1. The number of carbonyl (C=O) groups is 1. The van der Waals surface area contributed by atoms with Crippen LogP contribution in [0.1, 0.15) is 49.0 Å². The first kappa shape index (κ1) is 18.2. The molecule has 0 radical (unpaired) electrons. The van der Waals surface area contributed by atoms with Gasteiger partial charge in [0.1, 0.15) is 0 Å². The molecule has 1 saturated heterocycles. The molecule has 138 valence electrons. The maximum atomic E-state index is 12.6. The lowest BCUT2D eigenvalue weighted by atomic mass is 10.1. The summed E-state index contributed by atoms with van der Waals surface area (Å²) in [5, 5.41) is 10.5. The minimum absolute atomic E-state index is 0.0364. The second kappa shape index (κ2) is 8.21. The number of nitrogens with zero attached hydrogens (tertiary/aromatic N) is 3. The smallest absolute Gasteiger partial charge is 0.255 e. The first-order chi connectivity index (χ1) is 12.6. The Morgan fingerprint density at radius 3 is 2.42 bits per heavy atom. The summed E-state index contributed by atoms with van der Waals surface area (Å²) in [6.45, 7) is 6.38. The largest absolute Gasteiger partial charge is 0.504 e. The Hall–Kier alpha value is -2.56. The van der Waals surface area contributed by atoms with Crippen LogP contribution in [0.15, 0.2) is 36.5 Å². The molecule has 0 atom stereocenters. The zero-order chi connectivity index (χ0) is 18.5. The van der Waals surface area contributed by atoms with Gasteiger partial charge in [-0.1, -0.05) is 19.1 Å². The minimum atomic E-state index is -0.0469. The highest BCUT2D eigenvalue weighted by atomic mass is 16.3. The third-order valence-electron chi connectivity index (χ3n) is 4.97. The molecule has 26 heavy (non-hydrogen) atoms. The Labute approximate surface area is 155 Å². The van der Waals surface area contributed by atoms with Gasteiger partial charge in [0, 0.05) is 31.5 Å². The van der Waals surface area contributed by atoms with Crippen molar-refractivity contribution in [3.8, 4) is 5.75 Å². The number of aryl methyl sites for hydroxylation is 1. The predicted molar refractivity (Wildman–Crippen MR) is 104 cm³/mol. The van der Waals surface area contributed by atoms with Gasteiger partial charge in [0.15, 0.2) is 11.6 Å². The lowest BCUT2D eigenvalue weighted by Crippen LogP contribution is -2.35. The van der Waals surface area contributed by atoms with Crippen LogP contribution >= 0.6 is 0 Å². The van der Waals surface area contributed by atoms with Crippen LogP contribution in [-0.4, -0.2) is 40.5 Å². The molecule has 5 heteroatoms. The van der Waals surface area contributed by atoms with Crippen LogP contribution < -0.4 is 4.90 Å². The number of aromatic hydroxyl groups is 1. The molecule has 1 aliphatic heterocycles. The van der Waals surface area contributed by atoms with Crippen molar-refractivity contribution in [1.82, 2.24) is 9.88 Å². The van der Waals surface area contributed by atoms with E-state index in [-0.39, 0.29) is 11.7 Å². The van der Waals surface area contributed by atoms with Crippen LogP contribution in [0.3, 0.4) is 0 Å². The third kappa shape index (κ3) is 3.82. The lowest BCUT2D eigenvalue weighted by molar-refractivity contribution is 0.0723. The molecule has 0 spiro atoms. The van der Waals surface area contributed by atoms with Crippen LogP contribution in [0.5, 0.6) is 5.75 Å². The van der Waals surface area contributed by atoms with E-state index < -0.39 is 0 Å². The van der Waals surface area contributed by atoms with Crippen molar-refractivity contribution in [3.05, 3.63) is 47.7 Å². The number of likely N-dealkylation sites (tertiary alicyclic amines) is 1. The summed E-state index contributed by atoms with van der Waals surface area (Å²) < 4.78 is 0. The van der Waals surface area contributed by atoms with Gasteiger partial charge in [-0.15, -0.1) is 0 Å². The molecule has 2 aromatic rings. The van der Waals surface area contributed by atoms with Gasteiger partial charge in [-0.25, -0.2) is 4.98 Å². The Morgan fingerprint density at radius 1 is 1.15 bits per heavy atom. The van der Waals surface area contributed by atoms with Gasteiger partial charge < -0.3 is 14.9 Å². The summed E-state index contributed by atoms with van der Waals surface area (Å²) in [5.41, 5.74) is 2.69. The van der Waals surface area contributed by atoms with Gasteiger partial charge in [-0.3, -0.25) is 4.79 Å². The number of hydrogen-bond donors (Lipinski definition) is 1. The van der Waals surface area contributed by atoms with Crippen LogP contribution in [0.2, 0.25) is 0 Å². The van der Waals surface area contributed by atoms with E-state index in [9.17, 15) is 9.90 Å². The van der Waals surface area contributed by atoms with E-state index in [4.69, 9.17) is 0 Å². The third-order valence-corrected chi connectivity index (χ3v) is 4.97. The number of benzene rings is 1. The number of amides is 1. The minimum Gasteiger partial charge on any atom is -0.504 e. The Morgan fingerprint density at radius 2 is 1.85 bits per heavy atom. The van der Waals surface area contributed by atoms with Gasteiger partial charge in [0.05, 0.1) is 5.56 Å². The fraction of sp³-hybridized carbons (Fsp3) is 0.429. The van der Waals surface area contributed by atoms with Gasteiger partial charge in [-0.2, -0.15) is 0 Å². The zero-order valence-corrected chi connectivity index (χ0v) is 15.6. The molecule has 0 saturated carbocycles. The van der Waals surface area contributed by atoms with Crippen LogP contribution in [0.25, 0.3) is 0 Å². The average molecular weight is 353 g/mol. The molecule has 0 aliphatic carbocycles. The summed E-state index contributed by atoms with van der Waals surface area (Å²) >= 11 is 0. The highest BCUT2D eigenvalue weighted by Gasteiger charge is 2.21. The fourth-order valence-corrected chi connectivity index (χ4v) is 3.42. The van der Waals surface area contributed by atoms with Crippen molar-refractivity contribution in [3.63, 3.8) is 0 Å². The number of piperidine rings is 1. The molecule has 5 nitrogen and oxygen atoms in total. The molecule has 1 aromatic carbocycles. The maximum Gasteiger partial charge on any atom is 0.255 e. The number of pyridine rings is 1. The molecular weight excluding hydrogens is 326 g/mol. The van der Waals surface area contributed by atoms with E-state index in [0.717, 1.165) is 38.0 Å². The topological polar surface area (TPSA) is 56.7 Å².